The molecule has 1 saturated heterocycles. The predicted molar refractivity (Wildman–Crippen MR) is 76.4 cm³/mol. The minimum absolute atomic E-state index is 0.237. The van der Waals surface area contributed by atoms with Gasteiger partial charge in [-0.1, -0.05) is 27.2 Å². The Morgan fingerprint density at radius 3 is 2.35 bits per heavy atom. The standard InChI is InChI=1S/C15H32N2/c1-7-8-13(11-16-14(2,3)4)17-10-9-15(5,6)12-17/h13,16H,7-12H2,1-6H3. The van der Waals surface area contributed by atoms with Gasteiger partial charge in [0.25, 0.3) is 0 Å². The molecule has 1 heterocycles. The van der Waals surface area contributed by atoms with E-state index < -0.39 is 0 Å². The van der Waals surface area contributed by atoms with Crippen LogP contribution in [-0.4, -0.2) is 36.1 Å². The maximum absolute atomic E-state index is 3.67. The molecule has 0 saturated carbocycles. The summed E-state index contributed by atoms with van der Waals surface area (Å²) in [7, 11) is 0. The van der Waals surface area contributed by atoms with Gasteiger partial charge in [-0.05, 0) is 45.6 Å². The molecule has 1 N–H and O–H groups in total. The van der Waals surface area contributed by atoms with Gasteiger partial charge in [0, 0.05) is 24.7 Å². The molecule has 0 aliphatic carbocycles. The second kappa shape index (κ2) is 5.71. The molecule has 1 fully saturated rings. The molecule has 17 heavy (non-hydrogen) atoms. The molecule has 0 aromatic heterocycles. The van der Waals surface area contributed by atoms with E-state index in [1.807, 2.05) is 0 Å². The topological polar surface area (TPSA) is 15.3 Å². The second-order valence-electron chi connectivity index (χ2n) is 7.46. The molecule has 1 atom stereocenters. The van der Waals surface area contributed by atoms with Gasteiger partial charge in [0.1, 0.15) is 0 Å². The Morgan fingerprint density at radius 2 is 1.94 bits per heavy atom. The number of nitrogens with one attached hydrogen (secondary N) is 1. The zero-order valence-corrected chi connectivity index (χ0v) is 12.8. The Morgan fingerprint density at radius 1 is 1.29 bits per heavy atom. The first-order valence-corrected chi connectivity index (χ1v) is 7.22. The van der Waals surface area contributed by atoms with Crippen LogP contribution >= 0.6 is 0 Å². The predicted octanol–water partition coefficient (Wildman–Crippen LogP) is 3.28. The molecule has 0 radical (unpaired) electrons. The van der Waals surface area contributed by atoms with Crippen molar-refractivity contribution in [1.29, 1.82) is 0 Å². The van der Waals surface area contributed by atoms with Crippen LogP contribution in [0, 0.1) is 5.41 Å². The molecule has 2 nitrogen and oxygen atoms in total. The summed E-state index contributed by atoms with van der Waals surface area (Å²) in [5, 5.41) is 3.67. The Kier molecular flexibility index (Phi) is 5.03. The van der Waals surface area contributed by atoms with Crippen LogP contribution in [-0.2, 0) is 0 Å². The lowest BCUT2D eigenvalue weighted by Gasteiger charge is -2.32. The van der Waals surface area contributed by atoms with Crippen LogP contribution in [0.5, 0.6) is 0 Å². The van der Waals surface area contributed by atoms with Crippen molar-refractivity contribution in [3.63, 3.8) is 0 Å². The first kappa shape index (κ1) is 15.0. The molecule has 0 aromatic carbocycles. The molecule has 0 amide bonds. The van der Waals surface area contributed by atoms with Crippen molar-refractivity contribution in [2.75, 3.05) is 19.6 Å². The number of likely N-dealkylation sites (tertiary alicyclic amines) is 1. The molecule has 0 aromatic rings. The van der Waals surface area contributed by atoms with Crippen molar-refractivity contribution in [2.45, 2.75) is 72.4 Å². The number of hydrogen-bond acceptors (Lipinski definition) is 2. The SMILES string of the molecule is CCCC(CNC(C)(C)C)N1CCC(C)(C)C1. The van der Waals surface area contributed by atoms with Crippen LogP contribution < -0.4 is 5.32 Å². The number of nitrogens with zero attached hydrogens (tertiary/aromatic N) is 1. The third-order valence-electron chi connectivity index (χ3n) is 3.71. The summed E-state index contributed by atoms with van der Waals surface area (Å²) in [4.78, 5) is 2.70. The maximum Gasteiger partial charge on any atom is 0.0220 e. The molecule has 0 spiro atoms. The largest absolute Gasteiger partial charge is 0.311 e. The highest BCUT2D eigenvalue weighted by atomic mass is 15.2. The molecular formula is C15H32N2. The molecule has 1 aliphatic rings. The fourth-order valence-electron chi connectivity index (χ4n) is 2.64. The summed E-state index contributed by atoms with van der Waals surface area (Å²) in [5.41, 5.74) is 0.759. The van der Waals surface area contributed by atoms with Crippen LogP contribution in [0.3, 0.4) is 0 Å². The number of rotatable bonds is 5. The lowest BCUT2D eigenvalue weighted by atomic mass is 9.93. The average Bonchev–Trinajstić information content (AvgIpc) is 2.52. The summed E-state index contributed by atoms with van der Waals surface area (Å²) < 4.78 is 0. The van der Waals surface area contributed by atoms with Crippen LogP contribution in [0.4, 0.5) is 0 Å². The van der Waals surface area contributed by atoms with Crippen molar-refractivity contribution in [2.24, 2.45) is 5.41 Å². The third-order valence-corrected chi connectivity index (χ3v) is 3.71. The van der Waals surface area contributed by atoms with E-state index in [9.17, 15) is 0 Å². The Hall–Kier alpha value is -0.0800. The molecule has 102 valence electrons. The quantitative estimate of drug-likeness (QED) is 0.793. The third kappa shape index (κ3) is 5.39. The first-order valence-electron chi connectivity index (χ1n) is 7.22. The van der Waals surface area contributed by atoms with Crippen LogP contribution in [0.1, 0.15) is 60.8 Å². The van der Waals surface area contributed by atoms with Gasteiger partial charge in [0.2, 0.25) is 0 Å². The van der Waals surface area contributed by atoms with Crippen molar-refractivity contribution >= 4 is 0 Å². The van der Waals surface area contributed by atoms with Crippen molar-refractivity contribution < 1.29 is 0 Å². The van der Waals surface area contributed by atoms with Gasteiger partial charge in [-0.2, -0.15) is 0 Å². The van der Waals surface area contributed by atoms with E-state index in [2.05, 4.69) is 51.8 Å². The Bertz CT molecular complexity index is 228. The zero-order valence-electron chi connectivity index (χ0n) is 12.8. The molecule has 1 unspecified atom stereocenters. The van der Waals surface area contributed by atoms with Crippen molar-refractivity contribution in [3.8, 4) is 0 Å². The summed E-state index contributed by atoms with van der Waals surface area (Å²) in [6.45, 7) is 17.5. The monoisotopic (exact) mass is 240 g/mol. The van der Waals surface area contributed by atoms with Crippen LogP contribution in [0.2, 0.25) is 0 Å². The maximum atomic E-state index is 3.67. The molecule has 2 heteroatoms. The van der Waals surface area contributed by atoms with Crippen molar-refractivity contribution in [3.05, 3.63) is 0 Å². The molecular weight excluding hydrogens is 208 g/mol. The highest BCUT2D eigenvalue weighted by Gasteiger charge is 2.33. The first-order chi connectivity index (χ1) is 7.73. The Balaban J connectivity index is 2.49. The minimum atomic E-state index is 0.237. The highest BCUT2D eigenvalue weighted by molar-refractivity contribution is 4.88. The summed E-state index contributed by atoms with van der Waals surface area (Å²) in [6.07, 6.45) is 3.95. The summed E-state index contributed by atoms with van der Waals surface area (Å²) in [5.74, 6) is 0. The van der Waals surface area contributed by atoms with Crippen molar-refractivity contribution in [1.82, 2.24) is 10.2 Å². The fraction of sp³-hybridized carbons (Fsp3) is 1.00. The second-order valence-corrected chi connectivity index (χ2v) is 7.46. The van der Waals surface area contributed by atoms with Crippen LogP contribution in [0.15, 0.2) is 0 Å². The molecule has 1 rings (SSSR count). The van der Waals surface area contributed by atoms with Gasteiger partial charge in [-0.3, -0.25) is 4.90 Å². The smallest absolute Gasteiger partial charge is 0.0220 e. The van der Waals surface area contributed by atoms with Gasteiger partial charge in [0.15, 0.2) is 0 Å². The van der Waals surface area contributed by atoms with E-state index in [4.69, 9.17) is 0 Å². The summed E-state index contributed by atoms with van der Waals surface area (Å²) >= 11 is 0. The van der Waals surface area contributed by atoms with E-state index in [0.29, 0.717) is 5.41 Å². The lowest BCUT2D eigenvalue weighted by Crippen LogP contribution is -2.47. The van der Waals surface area contributed by atoms with E-state index >= 15 is 0 Å². The molecule has 0 bridgehead atoms. The average molecular weight is 240 g/mol. The molecule has 1 aliphatic heterocycles. The number of hydrogen-bond donors (Lipinski definition) is 1. The van der Waals surface area contributed by atoms with E-state index in [-0.39, 0.29) is 5.54 Å². The zero-order chi connectivity index (χ0) is 13.1. The van der Waals surface area contributed by atoms with Gasteiger partial charge >= 0.3 is 0 Å². The van der Waals surface area contributed by atoms with E-state index in [1.54, 1.807) is 0 Å². The Labute approximate surface area is 108 Å². The highest BCUT2D eigenvalue weighted by Crippen LogP contribution is 2.30. The normalized spacial score (nSPS) is 22.9. The fourth-order valence-corrected chi connectivity index (χ4v) is 2.64. The van der Waals surface area contributed by atoms with Gasteiger partial charge in [0.05, 0.1) is 0 Å². The minimum Gasteiger partial charge on any atom is -0.311 e. The van der Waals surface area contributed by atoms with E-state index in [1.165, 1.54) is 32.4 Å². The van der Waals surface area contributed by atoms with Gasteiger partial charge in [-0.25, -0.2) is 0 Å². The van der Waals surface area contributed by atoms with E-state index in [0.717, 1.165) is 12.6 Å². The summed E-state index contributed by atoms with van der Waals surface area (Å²) in [6, 6.07) is 0.723. The lowest BCUT2D eigenvalue weighted by molar-refractivity contribution is 0.191. The van der Waals surface area contributed by atoms with Gasteiger partial charge < -0.3 is 5.32 Å². The van der Waals surface area contributed by atoms with Gasteiger partial charge in [-0.15, -0.1) is 0 Å². The van der Waals surface area contributed by atoms with Crippen LogP contribution in [0.25, 0.3) is 0 Å².